The van der Waals surface area contributed by atoms with E-state index < -0.39 is 0 Å². The van der Waals surface area contributed by atoms with Crippen LogP contribution in [0.15, 0.2) is 29.3 Å². The third-order valence-electron chi connectivity index (χ3n) is 2.81. The van der Waals surface area contributed by atoms with Crippen molar-refractivity contribution in [2.24, 2.45) is 0 Å². The summed E-state index contributed by atoms with van der Waals surface area (Å²) in [5.74, 6) is 0.439. The van der Waals surface area contributed by atoms with Gasteiger partial charge in [-0.2, -0.15) is 5.10 Å². The van der Waals surface area contributed by atoms with Gasteiger partial charge in [-0.05, 0) is 18.6 Å². The Balaban J connectivity index is 1.54. The molecule has 112 valence electrons. The minimum atomic E-state index is -0.355. The Bertz CT molecular complexity index is 606. The summed E-state index contributed by atoms with van der Waals surface area (Å²) in [6, 6.07) is 3.81. The van der Waals surface area contributed by atoms with Gasteiger partial charge < -0.3 is 10.6 Å². The first kappa shape index (κ1) is 14.8. The van der Waals surface area contributed by atoms with Crippen molar-refractivity contribution in [3.05, 3.63) is 40.8 Å². The third kappa shape index (κ3) is 5.47. The van der Waals surface area contributed by atoms with Crippen LogP contribution in [-0.2, 0) is 11.2 Å². The number of anilines is 1. The number of rotatable bonds is 8. The number of aromatic amines is 2. The minimum absolute atomic E-state index is 0.0553. The summed E-state index contributed by atoms with van der Waals surface area (Å²) >= 11 is 0. The van der Waals surface area contributed by atoms with Crippen molar-refractivity contribution in [2.45, 2.75) is 19.3 Å². The predicted octanol–water partition coefficient (Wildman–Crippen LogP) is 0.0440. The first-order valence-electron chi connectivity index (χ1n) is 6.78. The molecule has 0 aromatic carbocycles. The van der Waals surface area contributed by atoms with Crippen LogP contribution in [0.25, 0.3) is 0 Å². The van der Waals surface area contributed by atoms with Gasteiger partial charge in [-0.25, -0.2) is 9.89 Å². The van der Waals surface area contributed by atoms with Crippen LogP contribution in [0, 0.1) is 0 Å². The fourth-order valence-corrected chi connectivity index (χ4v) is 1.76. The van der Waals surface area contributed by atoms with Crippen LogP contribution in [-0.4, -0.2) is 39.2 Å². The van der Waals surface area contributed by atoms with Gasteiger partial charge in [0.1, 0.15) is 5.82 Å². The molecule has 0 radical (unpaired) electrons. The molecule has 2 rings (SSSR count). The van der Waals surface area contributed by atoms with Crippen molar-refractivity contribution >= 4 is 11.6 Å². The van der Waals surface area contributed by atoms with E-state index in [9.17, 15) is 9.59 Å². The topological polar surface area (TPSA) is 116 Å². The number of hydrogen-bond acceptors (Lipinski definition) is 5. The second kappa shape index (κ2) is 7.83. The molecule has 8 nitrogen and oxygen atoms in total. The number of nitrogens with one attached hydrogen (secondary N) is 4. The zero-order valence-corrected chi connectivity index (χ0v) is 11.6. The van der Waals surface area contributed by atoms with Crippen LogP contribution in [0.1, 0.15) is 18.7 Å². The monoisotopic (exact) mass is 290 g/mol. The molecule has 21 heavy (non-hydrogen) atoms. The molecule has 0 atom stereocenters. The normalized spacial score (nSPS) is 10.3. The molecular weight excluding hydrogens is 272 g/mol. The van der Waals surface area contributed by atoms with Crippen molar-refractivity contribution in [1.82, 2.24) is 25.5 Å². The quantitative estimate of drug-likeness (QED) is 0.512. The summed E-state index contributed by atoms with van der Waals surface area (Å²) in [6.07, 6.45) is 5.01. The molecule has 8 heteroatoms. The van der Waals surface area contributed by atoms with Crippen LogP contribution >= 0.6 is 0 Å². The van der Waals surface area contributed by atoms with Crippen molar-refractivity contribution in [2.75, 3.05) is 18.4 Å². The van der Waals surface area contributed by atoms with Crippen LogP contribution < -0.4 is 16.3 Å². The van der Waals surface area contributed by atoms with E-state index in [1.165, 1.54) is 0 Å². The number of aromatic nitrogens is 4. The smallest absolute Gasteiger partial charge is 0.340 e. The average Bonchev–Trinajstić information content (AvgIpc) is 2.91. The lowest BCUT2D eigenvalue weighted by molar-refractivity contribution is -0.121. The highest BCUT2D eigenvalue weighted by Crippen LogP contribution is 2.01. The molecular formula is C13H18N6O2. The lowest BCUT2D eigenvalue weighted by Crippen LogP contribution is -2.26. The fraction of sp³-hybridized carbons (Fsp3) is 0.385. The lowest BCUT2D eigenvalue weighted by atomic mass is 10.3. The van der Waals surface area contributed by atoms with Gasteiger partial charge in [0.25, 0.3) is 0 Å². The first-order chi connectivity index (χ1) is 10.2. The maximum absolute atomic E-state index is 11.6. The lowest BCUT2D eigenvalue weighted by Gasteiger charge is -2.06. The largest absolute Gasteiger partial charge is 0.384 e. The highest BCUT2D eigenvalue weighted by Gasteiger charge is 2.04. The number of nitrogens with zero attached hydrogens (tertiary/aromatic N) is 2. The highest BCUT2D eigenvalue weighted by atomic mass is 16.2. The van der Waals surface area contributed by atoms with Gasteiger partial charge in [0.15, 0.2) is 0 Å². The van der Waals surface area contributed by atoms with Gasteiger partial charge in [0, 0.05) is 38.3 Å². The summed E-state index contributed by atoms with van der Waals surface area (Å²) < 4.78 is 0. The van der Waals surface area contributed by atoms with Crippen LogP contribution in [0.3, 0.4) is 0 Å². The number of carbonyl (C=O) groups excluding carboxylic acids is 1. The van der Waals surface area contributed by atoms with Gasteiger partial charge >= 0.3 is 5.69 Å². The van der Waals surface area contributed by atoms with Crippen molar-refractivity contribution in [3.63, 3.8) is 0 Å². The molecule has 0 fully saturated rings. The van der Waals surface area contributed by atoms with E-state index in [2.05, 4.69) is 30.8 Å². The van der Waals surface area contributed by atoms with E-state index in [1.54, 1.807) is 12.4 Å². The molecule has 0 aliphatic heterocycles. The molecule has 1 amide bonds. The number of amides is 1. The Morgan fingerprint density at radius 3 is 2.95 bits per heavy atom. The van der Waals surface area contributed by atoms with Crippen molar-refractivity contribution in [3.8, 4) is 0 Å². The van der Waals surface area contributed by atoms with Gasteiger partial charge in [-0.3, -0.25) is 14.8 Å². The standard InChI is InChI=1S/C13H18N6O2/c20-12(5-4-11-17-13(21)19-18-11)16-8-2-7-15-10-3-1-6-14-9-10/h1,3,6,9,15H,2,4-5,7-8H2,(H,16,20)(H2,17,18,19,21). The van der Waals surface area contributed by atoms with Crippen molar-refractivity contribution in [1.29, 1.82) is 0 Å². The van der Waals surface area contributed by atoms with Crippen LogP contribution in [0.2, 0.25) is 0 Å². The van der Waals surface area contributed by atoms with Crippen molar-refractivity contribution < 1.29 is 4.79 Å². The molecule has 2 heterocycles. The van der Waals surface area contributed by atoms with E-state index in [-0.39, 0.29) is 11.6 Å². The molecule has 0 saturated heterocycles. The second-order valence-corrected chi connectivity index (χ2v) is 4.50. The summed E-state index contributed by atoms with van der Waals surface area (Å²) in [6.45, 7) is 1.36. The second-order valence-electron chi connectivity index (χ2n) is 4.50. The molecule has 0 saturated carbocycles. The number of hydrogen-bond donors (Lipinski definition) is 4. The number of carbonyl (C=O) groups is 1. The zero-order chi connectivity index (χ0) is 14.9. The molecule has 0 aliphatic rings. The zero-order valence-electron chi connectivity index (χ0n) is 11.6. The number of pyridine rings is 1. The maximum Gasteiger partial charge on any atom is 0.340 e. The fourth-order valence-electron chi connectivity index (χ4n) is 1.76. The Morgan fingerprint density at radius 1 is 1.33 bits per heavy atom. The van der Waals surface area contributed by atoms with Gasteiger partial charge in [0.2, 0.25) is 5.91 Å². The van der Waals surface area contributed by atoms with Gasteiger partial charge in [0.05, 0.1) is 5.69 Å². The van der Waals surface area contributed by atoms with E-state index in [1.807, 2.05) is 12.1 Å². The molecule has 0 unspecified atom stereocenters. The first-order valence-corrected chi connectivity index (χ1v) is 6.78. The molecule has 2 aromatic heterocycles. The Hall–Kier alpha value is -2.64. The summed E-state index contributed by atoms with van der Waals surface area (Å²) in [5, 5.41) is 12.0. The van der Waals surface area contributed by atoms with E-state index in [0.717, 1.165) is 18.7 Å². The van der Waals surface area contributed by atoms with E-state index >= 15 is 0 Å². The predicted molar refractivity (Wildman–Crippen MR) is 77.9 cm³/mol. The molecule has 0 bridgehead atoms. The highest BCUT2D eigenvalue weighted by molar-refractivity contribution is 5.75. The Labute approximate surface area is 121 Å². The van der Waals surface area contributed by atoms with Crippen LogP contribution in [0.5, 0.6) is 0 Å². The maximum atomic E-state index is 11.6. The summed E-state index contributed by atoms with van der Waals surface area (Å²) in [4.78, 5) is 28.9. The number of aryl methyl sites for hydroxylation is 1. The van der Waals surface area contributed by atoms with Gasteiger partial charge in [-0.15, -0.1) is 0 Å². The number of H-pyrrole nitrogens is 2. The minimum Gasteiger partial charge on any atom is -0.384 e. The summed E-state index contributed by atoms with van der Waals surface area (Å²) in [7, 11) is 0. The molecule has 4 N–H and O–H groups in total. The Kier molecular flexibility index (Phi) is 5.50. The van der Waals surface area contributed by atoms with E-state index in [4.69, 9.17) is 0 Å². The molecule has 0 spiro atoms. The third-order valence-corrected chi connectivity index (χ3v) is 2.81. The van der Waals surface area contributed by atoms with Crippen LogP contribution in [0.4, 0.5) is 5.69 Å². The molecule has 2 aromatic rings. The van der Waals surface area contributed by atoms with E-state index in [0.29, 0.717) is 25.2 Å². The van der Waals surface area contributed by atoms with Gasteiger partial charge in [-0.1, -0.05) is 0 Å². The molecule has 0 aliphatic carbocycles. The average molecular weight is 290 g/mol. The summed E-state index contributed by atoms with van der Waals surface area (Å²) in [5.41, 5.74) is 0.609. The SMILES string of the molecule is O=C(CCc1n[nH]c(=O)[nH]1)NCCCNc1cccnc1. The Morgan fingerprint density at radius 2 is 2.24 bits per heavy atom.